The number of nitrogens with zero attached hydrogens (tertiary/aromatic N) is 3. The minimum Gasteiger partial charge on any atom is -0.349 e. The van der Waals surface area contributed by atoms with Crippen molar-refractivity contribution in [2.45, 2.75) is 61.5 Å². The summed E-state index contributed by atoms with van der Waals surface area (Å²) in [4.78, 5) is 13.0. The van der Waals surface area contributed by atoms with Gasteiger partial charge in [-0.1, -0.05) is 48.0 Å². The van der Waals surface area contributed by atoms with Crippen molar-refractivity contribution in [2.75, 3.05) is 4.90 Å². The predicted molar refractivity (Wildman–Crippen MR) is 105 cm³/mol. The van der Waals surface area contributed by atoms with Crippen molar-refractivity contribution in [1.82, 2.24) is 9.97 Å². The average Bonchev–Trinajstić information content (AvgIpc) is 2.85. The molecule has 6 heteroatoms. The van der Waals surface area contributed by atoms with E-state index in [9.17, 15) is 0 Å². The molecule has 2 saturated heterocycles. The van der Waals surface area contributed by atoms with E-state index in [0.717, 1.165) is 27.4 Å². The fraction of sp³-hybridized carbons (Fsp3) is 0.474. The normalized spacial score (nSPS) is 25.4. The Hall–Kier alpha value is -0.970. The highest BCUT2D eigenvalue weighted by Crippen LogP contribution is 2.42. The topological polar surface area (TPSA) is 29.0 Å². The van der Waals surface area contributed by atoms with E-state index in [-0.39, 0.29) is 0 Å². The molecule has 132 valence electrons. The monoisotopic (exact) mass is 393 g/mol. The van der Waals surface area contributed by atoms with Crippen LogP contribution < -0.4 is 4.90 Å². The Bertz CT molecular complexity index is 784. The zero-order valence-corrected chi connectivity index (χ0v) is 16.7. The molecule has 2 unspecified atom stereocenters. The number of aryl methyl sites for hydroxylation is 1. The van der Waals surface area contributed by atoms with Gasteiger partial charge in [-0.05, 0) is 50.7 Å². The van der Waals surface area contributed by atoms with Gasteiger partial charge >= 0.3 is 0 Å². The van der Waals surface area contributed by atoms with Crippen molar-refractivity contribution >= 4 is 40.8 Å². The number of fused-ring (bicyclic) bond motifs is 2. The molecule has 2 atom stereocenters. The molecule has 2 fully saturated rings. The van der Waals surface area contributed by atoms with Crippen LogP contribution in [0.4, 0.5) is 5.82 Å². The number of benzene rings is 1. The molecule has 1 aromatic heterocycles. The van der Waals surface area contributed by atoms with E-state index in [1.807, 2.05) is 25.3 Å². The highest BCUT2D eigenvalue weighted by Gasteiger charge is 2.40. The van der Waals surface area contributed by atoms with E-state index in [1.165, 1.54) is 37.4 Å². The van der Waals surface area contributed by atoms with Crippen molar-refractivity contribution in [2.24, 2.45) is 5.92 Å². The summed E-state index contributed by atoms with van der Waals surface area (Å²) in [5, 5.41) is 2.01. The number of halogens is 2. The van der Waals surface area contributed by atoms with Gasteiger partial charge in [-0.3, -0.25) is 0 Å². The van der Waals surface area contributed by atoms with Crippen molar-refractivity contribution < 1.29 is 0 Å². The summed E-state index contributed by atoms with van der Waals surface area (Å²) in [6.07, 6.45) is 7.03. The van der Waals surface area contributed by atoms with Gasteiger partial charge in [0.25, 0.3) is 0 Å². The van der Waals surface area contributed by atoms with Crippen LogP contribution in [0.2, 0.25) is 10.0 Å². The maximum absolute atomic E-state index is 6.30. The first-order valence-electron chi connectivity index (χ1n) is 8.76. The number of aromatic nitrogens is 2. The van der Waals surface area contributed by atoms with E-state index in [2.05, 4.69) is 11.8 Å². The Morgan fingerprint density at radius 3 is 2.56 bits per heavy atom. The number of anilines is 1. The Labute approximate surface area is 163 Å². The molecule has 2 aliphatic heterocycles. The van der Waals surface area contributed by atoms with Crippen LogP contribution in [0, 0.1) is 12.8 Å². The Morgan fingerprint density at radius 2 is 1.88 bits per heavy atom. The molecular formula is C19H21Cl2N3S. The van der Waals surface area contributed by atoms with E-state index < -0.39 is 0 Å². The zero-order chi connectivity index (χ0) is 17.6. The molecule has 0 spiro atoms. The second-order valence-corrected chi connectivity index (χ2v) is 8.96. The van der Waals surface area contributed by atoms with E-state index in [4.69, 9.17) is 33.2 Å². The van der Waals surface area contributed by atoms with Gasteiger partial charge < -0.3 is 4.90 Å². The van der Waals surface area contributed by atoms with Crippen LogP contribution >= 0.6 is 35.0 Å². The maximum atomic E-state index is 6.30. The molecule has 3 nitrogen and oxygen atoms in total. The molecule has 0 aliphatic carbocycles. The molecule has 1 aromatic carbocycles. The average molecular weight is 394 g/mol. The summed E-state index contributed by atoms with van der Waals surface area (Å²) in [6.45, 7) is 4.39. The second-order valence-electron chi connectivity index (χ2n) is 7.14. The summed E-state index contributed by atoms with van der Waals surface area (Å²) < 4.78 is 0. The van der Waals surface area contributed by atoms with Crippen LogP contribution in [0.3, 0.4) is 0 Å². The lowest BCUT2D eigenvalue weighted by molar-refractivity contribution is 0.361. The number of rotatable bonds is 3. The van der Waals surface area contributed by atoms with Gasteiger partial charge in [0.2, 0.25) is 0 Å². The Balaban J connectivity index is 1.58. The molecule has 0 saturated carbocycles. The fourth-order valence-electron chi connectivity index (χ4n) is 4.17. The van der Waals surface area contributed by atoms with E-state index >= 15 is 0 Å². The molecule has 4 rings (SSSR count). The smallest absolute Gasteiger partial charge is 0.147 e. The zero-order valence-electron chi connectivity index (χ0n) is 14.4. The predicted octanol–water partition coefficient (Wildman–Crippen LogP) is 6.01. The molecule has 0 amide bonds. The molecule has 2 aliphatic rings. The number of hydrogen-bond donors (Lipinski definition) is 0. The molecule has 0 N–H and O–H groups in total. The van der Waals surface area contributed by atoms with Crippen molar-refractivity contribution in [3.05, 3.63) is 40.1 Å². The Morgan fingerprint density at radius 1 is 1.16 bits per heavy atom. The first kappa shape index (κ1) is 17.4. The largest absolute Gasteiger partial charge is 0.349 e. The third kappa shape index (κ3) is 3.36. The fourth-order valence-corrected chi connectivity index (χ4v) is 5.50. The van der Waals surface area contributed by atoms with Crippen molar-refractivity contribution in [3.63, 3.8) is 0 Å². The maximum Gasteiger partial charge on any atom is 0.147 e. The minimum atomic E-state index is 0.563. The van der Waals surface area contributed by atoms with Gasteiger partial charge in [-0.15, -0.1) is 0 Å². The lowest BCUT2D eigenvalue weighted by Gasteiger charge is -2.38. The van der Waals surface area contributed by atoms with E-state index in [0.29, 0.717) is 22.1 Å². The van der Waals surface area contributed by atoms with Crippen LogP contribution in [0.15, 0.2) is 34.3 Å². The molecule has 2 bridgehead atoms. The number of piperidine rings is 1. The van der Waals surface area contributed by atoms with Crippen LogP contribution in [0.5, 0.6) is 0 Å². The second kappa shape index (κ2) is 6.98. The summed E-state index contributed by atoms with van der Waals surface area (Å²) in [7, 11) is 0. The molecule has 0 radical (unpaired) electrons. The Kier molecular flexibility index (Phi) is 4.87. The van der Waals surface area contributed by atoms with Crippen LogP contribution in [0.25, 0.3) is 0 Å². The van der Waals surface area contributed by atoms with Crippen LogP contribution in [-0.2, 0) is 0 Å². The highest BCUT2D eigenvalue weighted by atomic mass is 35.5. The van der Waals surface area contributed by atoms with Crippen LogP contribution in [-0.4, -0.2) is 22.1 Å². The van der Waals surface area contributed by atoms with Crippen molar-refractivity contribution in [3.8, 4) is 0 Å². The number of hydrogen-bond acceptors (Lipinski definition) is 4. The molecule has 2 aromatic rings. The summed E-state index contributed by atoms with van der Waals surface area (Å²) in [5.74, 6) is 1.85. The molecule has 25 heavy (non-hydrogen) atoms. The SMILES string of the molecule is Cc1nc(N2C3CCC2CC(C)C3)cnc1Sc1cccc(Cl)c1Cl. The first-order valence-corrected chi connectivity index (χ1v) is 10.3. The van der Waals surface area contributed by atoms with Gasteiger partial charge in [0.15, 0.2) is 0 Å². The standard InChI is InChI=1S/C19H21Cl2N3S/c1-11-8-13-6-7-14(9-11)24(13)17-10-22-19(12(2)23-17)25-16-5-3-4-15(20)18(16)21/h3-5,10-11,13-14H,6-9H2,1-2H3. The van der Waals surface area contributed by atoms with Crippen LogP contribution in [0.1, 0.15) is 38.3 Å². The first-order chi connectivity index (χ1) is 12.0. The lowest BCUT2D eigenvalue weighted by Crippen LogP contribution is -2.43. The summed E-state index contributed by atoms with van der Waals surface area (Å²) in [6, 6.07) is 6.91. The van der Waals surface area contributed by atoms with Gasteiger partial charge in [-0.25, -0.2) is 9.97 Å². The van der Waals surface area contributed by atoms with Gasteiger partial charge in [0.05, 0.1) is 21.9 Å². The molecular weight excluding hydrogens is 373 g/mol. The third-order valence-electron chi connectivity index (χ3n) is 5.25. The van der Waals surface area contributed by atoms with Crippen molar-refractivity contribution in [1.29, 1.82) is 0 Å². The summed E-state index contributed by atoms with van der Waals surface area (Å²) >= 11 is 13.9. The lowest BCUT2D eigenvalue weighted by atomic mass is 9.92. The third-order valence-corrected chi connectivity index (χ3v) is 7.33. The van der Waals surface area contributed by atoms with Gasteiger partial charge in [0.1, 0.15) is 10.8 Å². The minimum absolute atomic E-state index is 0.563. The molecule has 3 heterocycles. The van der Waals surface area contributed by atoms with E-state index in [1.54, 1.807) is 6.07 Å². The quantitative estimate of drug-likeness (QED) is 0.638. The van der Waals surface area contributed by atoms with Gasteiger partial charge in [0, 0.05) is 17.0 Å². The van der Waals surface area contributed by atoms with Gasteiger partial charge in [-0.2, -0.15) is 0 Å². The summed E-state index contributed by atoms with van der Waals surface area (Å²) in [5.41, 5.74) is 0.941. The highest BCUT2D eigenvalue weighted by molar-refractivity contribution is 7.99.